The summed E-state index contributed by atoms with van der Waals surface area (Å²) in [6.07, 6.45) is 1.34. The summed E-state index contributed by atoms with van der Waals surface area (Å²) >= 11 is 0. The largest absolute Gasteiger partial charge is 0.507 e. The molecule has 3 aromatic rings. The number of aromatic hydroxyl groups is 1. The monoisotopic (exact) mass is 355 g/mol. The summed E-state index contributed by atoms with van der Waals surface area (Å²) in [4.78, 5) is 15.0. The summed E-state index contributed by atoms with van der Waals surface area (Å²) in [7, 11) is 0. The molecule has 0 atom stereocenters. The molecule has 0 aliphatic carbocycles. The smallest absolute Gasteiger partial charge is 0.200 e. The Morgan fingerprint density at radius 1 is 1.15 bits per heavy atom. The number of nitrogens with zero attached hydrogens (tertiary/aromatic N) is 1. The molecule has 26 heavy (non-hydrogen) atoms. The van der Waals surface area contributed by atoms with E-state index in [0.29, 0.717) is 47.4 Å². The number of benzene rings is 2. The van der Waals surface area contributed by atoms with E-state index in [9.17, 15) is 14.3 Å². The Morgan fingerprint density at radius 3 is 2.73 bits per heavy atom. The minimum absolute atomic E-state index is 0.0886. The average Bonchev–Trinajstić information content (AvgIpc) is 2.65. The molecular formula is C20H18FNO4. The maximum Gasteiger partial charge on any atom is 0.200 e. The van der Waals surface area contributed by atoms with E-state index in [-0.39, 0.29) is 11.2 Å². The van der Waals surface area contributed by atoms with Crippen molar-refractivity contribution >= 4 is 11.0 Å². The van der Waals surface area contributed by atoms with Gasteiger partial charge >= 0.3 is 0 Å². The van der Waals surface area contributed by atoms with E-state index in [4.69, 9.17) is 9.15 Å². The summed E-state index contributed by atoms with van der Waals surface area (Å²) < 4.78 is 24.6. The maximum absolute atomic E-state index is 13.5. The summed E-state index contributed by atoms with van der Waals surface area (Å²) in [5, 5.41) is 10.7. The van der Waals surface area contributed by atoms with Gasteiger partial charge in [-0.1, -0.05) is 12.1 Å². The van der Waals surface area contributed by atoms with Gasteiger partial charge in [0.05, 0.1) is 29.7 Å². The van der Waals surface area contributed by atoms with Crippen molar-refractivity contribution in [3.05, 3.63) is 64.3 Å². The van der Waals surface area contributed by atoms with E-state index in [1.807, 2.05) is 0 Å². The van der Waals surface area contributed by atoms with E-state index in [2.05, 4.69) is 4.90 Å². The van der Waals surface area contributed by atoms with Crippen LogP contribution in [-0.4, -0.2) is 36.3 Å². The van der Waals surface area contributed by atoms with Crippen molar-refractivity contribution in [2.45, 2.75) is 6.54 Å². The summed E-state index contributed by atoms with van der Waals surface area (Å²) in [5.74, 6) is -0.327. The summed E-state index contributed by atoms with van der Waals surface area (Å²) in [6.45, 7) is 3.25. The molecular weight excluding hydrogens is 337 g/mol. The van der Waals surface area contributed by atoms with Crippen molar-refractivity contribution in [3.63, 3.8) is 0 Å². The van der Waals surface area contributed by atoms with Crippen LogP contribution in [0.3, 0.4) is 0 Å². The molecule has 5 nitrogen and oxygen atoms in total. The van der Waals surface area contributed by atoms with Gasteiger partial charge in [-0.15, -0.1) is 0 Å². The van der Waals surface area contributed by atoms with Crippen molar-refractivity contribution in [2.75, 3.05) is 26.3 Å². The molecule has 0 saturated carbocycles. The number of halogens is 1. The highest BCUT2D eigenvalue weighted by Crippen LogP contribution is 2.29. The fraction of sp³-hybridized carbons (Fsp3) is 0.250. The molecule has 0 unspecified atom stereocenters. The van der Waals surface area contributed by atoms with E-state index >= 15 is 0 Å². The molecule has 0 spiro atoms. The number of morpholine rings is 1. The van der Waals surface area contributed by atoms with Crippen LogP contribution in [0.1, 0.15) is 5.56 Å². The minimum atomic E-state index is -0.416. The third-order valence-electron chi connectivity index (χ3n) is 4.64. The zero-order valence-corrected chi connectivity index (χ0v) is 14.1. The molecule has 1 aromatic heterocycles. The molecule has 2 aromatic carbocycles. The molecule has 6 heteroatoms. The lowest BCUT2D eigenvalue weighted by Gasteiger charge is -2.27. The molecule has 4 rings (SSSR count). The predicted molar refractivity (Wildman–Crippen MR) is 95.6 cm³/mol. The Hall–Kier alpha value is -2.70. The second kappa shape index (κ2) is 6.90. The fourth-order valence-corrected chi connectivity index (χ4v) is 3.24. The zero-order chi connectivity index (χ0) is 18.1. The molecule has 134 valence electrons. The van der Waals surface area contributed by atoms with Crippen LogP contribution in [0.5, 0.6) is 5.75 Å². The number of hydrogen-bond acceptors (Lipinski definition) is 5. The van der Waals surface area contributed by atoms with E-state index < -0.39 is 5.82 Å². The molecule has 2 heterocycles. The van der Waals surface area contributed by atoms with Crippen LogP contribution < -0.4 is 5.43 Å². The first kappa shape index (κ1) is 16.8. The molecule has 0 radical (unpaired) electrons. The highest BCUT2D eigenvalue weighted by atomic mass is 19.1. The third-order valence-corrected chi connectivity index (χ3v) is 4.64. The van der Waals surface area contributed by atoms with Gasteiger partial charge in [0.1, 0.15) is 23.4 Å². The van der Waals surface area contributed by atoms with Gasteiger partial charge in [0.25, 0.3) is 0 Å². The second-order valence-electron chi connectivity index (χ2n) is 6.32. The lowest BCUT2D eigenvalue weighted by Crippen LogP contribution is -2.35. The first-order chi connectivity index (χ1) is 12.6. The molecule has 1 aliphatic heterocycles. The van der Waals surface area contributed by atoms with Crippen molar-refractivity contribution in [2.24, 2.45) is 0 Å². The van der Waals surface area contributed by atoms with Crippen molar-refractivity contribution < 1.29 is 18.7 Å². The van der Waals surface area contributed by atoms with Crippen LogP contribution in [0, 0.1) is 5.82 Å². The van der Waals surface area contributed by atoms with Crippen LogP contribution in [0.2, 0.25) is 0 Å². The first-order valence-corrected chi connectivity index (χ1v) is 8.46. The molecule has 0 amide bonds. The van der Waals surface area contributed by atoms with Gasteiger partial charge in [-0.25, -0.2) is 4.39 Å². The Labute approximate surface area is 149 Å². The van der Waals surface area contributed by atoms with Gasteiger partial charge in [-0.05, 0) is 29.8 Å². The Morgan fingerprint density at radius 2 is 1.96 bits per heavy atom. The zero-order valence-electron chi connectivity index (χ0n) is 14.1. The number of ether oxygens (including phenoxy) is 1. The lowest BCUT2D eigenvalue weighted by atomic mass is 10.0. The third kappa shape index (κ3) is 3.09. The SMILES string of the molecule is O=c1c(-c2cccc(F)c2)coc2c(CN3CCOCC3)c(O)ccc12. The number of fused-ring (bicyclic) bond motifs is 1. The molecule has 1 saturated heterocycles. The van der Waals surface area contributed by atoms with Gasteiger partial charge in [0.15, 0.2) is 0 Å². The summed E-state index contributed by atoms with van der Waals surface area (Å²) in [5.41, 5.74) is 1.44. The van der Waals surface area contributed by atoms with Crippen LogP contribution in [0.25, 0.3) is 22.1 Å². The quantitative estimate of drug-likeness (QED) is 0.782. The highest BCUT2D eigenvalue weighted by molar-refractivity contribution is 5.85. The topological polar surface area (TPSA) is 62.9 Å². The average molecular weight is 355 g/mol. The highest BCUT2D eigenvalue weighted by Gasteiger charge is 2.19. The van der Waals surface area contributed by atoms with Gasteiger partial charge in [0.2, 0.25) is 5.43 Å². The second-order valence-corrected chi connectivity index (χ2v) is 6.32. The van der Waals surface area contributed by atoms with Crippen molar-refractivity contribution in [1.82, 2.24) is 4.90 Å². The van der Waals surface area contributed by atoms with E-state index in [1.165, 1.54) is 24.5 Å². The Bertz CT molecular complexity index is 1010. The van der Waals surface area contributed by atoms with Crippen LogP contribution >= 0.6 is 0 Å². The van der Waals surface area contributed by atoms with E-state index in [1.54, 1.807) is 18.2 Å². The molecule has 0 bridgehead atoms. The summed E-state index contributed by atoms with van der Waals surface area (Å²) in [6, 6.07) is 8.88. The van der Waals surface area contributed by atoms with Gasteiger partial charge in [-0.3, -0.25) is 9.69 Å². The van der Waals surface area contributed by atoms with Gasteiger partial charge in [-0.2, -0.15) is 0 Å². The van der Waals surface area contributed by atoms with Crippen LogP contribution in [0.15, 0.2) is 51.9 Å². The number of hydrogen-bond donors (Lipinski definition) is 1. The predicted octanol–water partition coefficient (Wildman–Crippen LogP) is 3.14. The number of rotatable bonds is 3. The maximum atomic E-state index is 13.5. The normalized spacial score (nSPS) is 15.4. The fourth-order valence-electron chi connectivity index (χ4n) is 3.24. The van der Waals surface area contributed by atoms with Crippen molar-refractivity contribution in [3.8, 4) is 16.9 Å². The molecule has 1 N–H and O–H groups in total. The van der Waals surface area contributed by atoms with Crippen LogP contribution in [0.4, 0.5) is 4.39 Å². The van der Waals surface area contributed by atoms with E-state index in [0.717, 1.165) is 13.1 Å². The minimum Gasteiger partial charge on any atom is -0.507 e. The number of phenolic OH excluding ortho intramolecular Hbond substituents is 1. The standard InChI is InChI=1S/C20H18FNO4/c21-14-3-1-2-13(10-14)17-12-26-20-15(19(17)24)4-5-18(23)16(20)11-22-6-8-25-9-7-22/h1-5,10,12,23H,6-9,11H2. The first-order valence-electron chi connectivity index (χ1n) is 8.46. The Kier molecular flexibility index (Phi) is 4.44. The van der Waals surface area contributed by atoms with Crippen molar-refractivity contribution in [1.29, 1.82) is 0 Å². The number of phenols is 1. The lowest BCUT2D eigenvalue weighted by molar-refractivity contribution is 0.0339. The van der Waals surface area contributed by atoms with Gasteiger partial charge < -0.3 is 14.3 Å². The molecule has 1 aliphatic rings. The Balaban J connectivity index is 1.81. The molecule has 1 fully saturated rings. The van der Waals surface area contributed by atoms with Gasteiger partial charge in [0, 0.05) is 19.6 Å². The van der Waals surface area contributed by atoms with Crippen LogP contribution in [-0.2, 0) is 11.3 Å².